The van der Waals surface area contributed by atoms with Gasteiger partial charge in [0.05, 0.1) is 14.2 Å². The molecule has 2 aromatic rings. The molecule has 0 unspecified atom stereocenters. The molecule has 4 rings (SSSR count). The number of aromatic nitrogens is 1. The molecule has 2 amide bonds. The number of rotatable bonds is 8. The van der Waals surface area contributed by atoms with Crippen LogP contribution in [0.3, 0.4) is 0 Å². The van der Waals surface area contributed by atoms with Crippen LogP contribution in [-0.2, 0) is 6.54 Å². The molecule has 1 aromatic heterocycles. The predicted octanol–water partition coefficient (Wildman–Crippen LogP) is 3.19. The molecule has 2 fully saturated rings. The molecule has 0 spiro atoms. The second-order valence-corrected chi connectivity index (χ2v) is 8.77. The zero-order valence-electron chi connectivity index (χ0n) is 19.2. The third kappa shape index (κ3) is 5.38. The number of carbonyl (C=O) groups is 2. The van der Waals surface area contributed by atoms with Gasteiger partial charge in [-0.2, -0.15) is 0 Å². The highest BCUT2D eigenvalue weighted by atomic mass is 16.5. The Morgan fingerprint density at radius 2 is 1.61 bits per heavy atom. The number of amides is 2. The fourth-order valence-electron chi connectivity index (χ4n) is 4.28. The summed E-state index contributed by atoms with van der Waals surface area (Å²) in [4.78, 5) is 39.0. The summed E-state index contributed by atoms with van der Waals surface area (Å²) < 4.78 is 12.4. The lowest BCUT2D eigenvalue weighted by atomic mass is 9.95. The maximum atomic E-state index is 13.1. The average molecular weight is 454 g/mol. The maximum Gasteiger partial charge on any atom is 0.257 e. The Hall–Kier alpha value is -3.29. The van der Waals surface area contributed by atoms with E-state index in [4.69, 9.17) is 9.47 Å². The Balaban J connectivity index is 1.53. The van der Waals surface area contributed by atoms with Crippen molar-refractivity contribution in [3.63, 3.8) is 0 Å². The average Bonchev–Trinajstić information content (AvgIpc) is 3.68. The Morgan fingerprint density at radius 1 is 0.939 bits per heavy atom. The summed E-state index contributed by atoms with van der Waals surface area (Å²) >= 11 is 0. The molecule has 2 aliphatic carbocycles. The Bertz CT molecular complexity index is 1080. The minimum atomic E-state index is -0.537. The number of methoxy groups -OCH3 is 2. The van der Waals surface area contributed by atoms with E-state index in [1.54, 1.807) is 38.7 Å². The first-order valence-electron chi connectivity index (χ1n) is 11.6. The quantitative estimate of drug-likeness (QED) is 0.640. The normalized spacial score (nSPS) is 16.2. The number of hydrogen-bond donors (Lipinski definition) is 2. The number of pyridine rings is 1. The first-order valence-corrected chi connectivity index (χ1v) is 11.6. The second kappa shape index (κ2) is 10.1. The van der Waals surface area contributed by atoms with Gasteiger partial charge in [-0.25, -0.2) is 0 Å². The van der Waals surface area contributed by atoms with Crippen LogP contribution in [0.25, 0.3) is 0 Å². The van der Waals surface area contributed by atoms with Crippen molar-refractivity contribution in [3.05, 3.63) is 57.5 Å². The monoisotopic (exact) mass is 453 g/mol. The summed E-state index contributed by atoms with van der Waals surface area (Å²) in [7, 11) is 3.10. The Labute approximate surface area is 193 Å². The Morgan fingerprint density at radius 3 is 2.24 bits per heavy atom. The minimum absolute atomic E-state index is 0.0151. The second-order valence-electron chi connectivity index (χ2n) is 8.77. The van der Waals surface area contributed by atoms with E-state index >= 15 is 0 Å². The summed E-state index contributed by atoms with van der Waals surface area (Å²) in [5, 5.41) is 5.80. The molecule has 0 radical (unpaired) electrons. The van der Waals surface area contributed by atoms with Gasteiger partial charge in [0, 0.05) is 31.0 Å². The van der Waals surface area contributed by atoms with E-state index in [2.05, 4.69) is 10.6 Å². The van der Waals surface area contributed by atoms with Crippen LogP contribution in [0.5, 0.6) is 11.5 Å². The lowest BCUT2D eigenvalue weighted by Gasteiger charge is -2.23. The smallest absolute Gasteiger partial charge is 0.257 e. The van der Waals surface area contributed by atoms with Gasteiger partial charge in [0.25, 0.3) is 11.8 Å². The van der Waals surface area contributed by atoms with Crippen LogP contribution in [-0.4, -0.2) is 36.6 Å². The maximum absolute atomic E-state index is 13.1. The van der Waals surface area contributed by atoms with Gasteiger partial charge >= 0.3 is 0 Å². The number of benzene rings is 1. The largest absolute Gasteiger partial charge is 0.493 e. The van der Waals surface area contributed by atoms with Crippen LogP contribution in [0.2, 0.25) is 0 Å². The number of hydrogen-bond acceptors (Lipinski definition) is 5. The topological polar surface area (TPSA) is 98.7 Å². The third-order valence-corrected chi connectivity index (χ3v) is 6.34. The number of nitrogens with one attached hydrogen (secondary N) is 2. The highest BCUT2D eigenvalue weighted by Crippen LogP contribution is 2.34. The van der Waals surface area contributed by atoms with Gasteiger partial charge in [-0.15, -0.1) is 0 Å². The molecular weight excluding hydrogens is 422 g/mol. The van der Waals surface area contributed by atoms with E-state index < -0.39 is 17.2 Å². The first-order chi connectivity index (χ1) is 16.0. The predicted molar refractivity (Wildman–Crippen MR) is 124 cm³/mol. The molecule has 0 saturated heterocycles. The van der Waals surface area contributed by atoms with Gasteiger partial charge in [0.15, 0.2) is 11.5 Å². The number of ether oxygens (including phenoxy) is 2. The number of carbonyl (C=O) groups excluding carboxylic acids is 2. The number of nitrogens with zero attached hydrogens (tertiary/aromatic N) is 1. The van der Waals surface area contributed by atoms with Crippen molar-refractivity contribution in [1.29, 1.82) is 0 Å². The zero-order chi connectivity index (χ0) is 23.4. The molecule has 2 saturated carbocycles. The van der Waals surface area contributed by atoms with Crippen molar-refractivity contribution in [3.8, 4) is 11.5 Å². The SMILES string of the molecule is COc1ccc(CNC(=O)c2cn(C3CC3)cc(C(=O)NC3CCCCC3)c2=O)cc1OC. The van der Waals surface area contributed by atoms with Gasteiger partial charge < -0.3 is 24.7 Å². The molecule has 0 bridgehead atoms. The molecule has 8 heteroatoms. The lowest BCUT2D eigenvalue weighted by molar-refractivity contribution is 0.0925. The van der Waals surface area contributed by atoms with Crippen LogP contribution < -0.4 is 25.5 Å². The molecule has 1 heterocycles. The fourth-order valence-corrected chi connectivity index (χ4v) is 4.28. The molecular formula is C25H31N3O5. The molecule has 33 heavy (non-hydrogen) atoms. The van der Waals surface area contributed by atoms with Gasteiger partial charge in [0.2, 0.25) is 5.43 Å². The fraction of sp³-hybridized carbons (Fsp3) is 0.480. The van der Waals surface area contributed by atoms with Crippen molar-refractivity contribution >= 4 is 11.8 Å². The molecule has 0 atom stereocenters. The van der Waals surface area contributed by atoms with E-state index in [-0.39, 0.29) is 29.8 Å². The first kappa shape index (κ1) is 22.9. The van der Waals surface area contributed by atoms with Crippen molar-refractivity contribution in [1.82, 2.24) is 15.2 Å². The third-order valence-electron chi connectivity index (χ3n) is 6.34. The summed E-state index contributed by atoms with van der Waals surface area (Å²) in [6.07, 6.45) is 10.3. The zero-order valence-corrected chi connectivity index (χ0v) is 19.2. The van der Waals surface area contributed by atoms with Crippen LogP contribution in [0.15, 0.2) is 35.4 Å². The highest BCUT2D eigenvalue weighted by Gasteiger charge is 2.28. The van der Waals surface area contributed by atoms with Gasteiger partial charge in [-0.1, -0.05) is 25.3 Å². The van der Waals surface area contributed by atoms with E-state index in [9.17, 15) is 14.4 Å². The molecule has 176 valence electrons. The van der Waals surface area contributed by atoms with Crippen molar-refractivity contribution in [2.45, 2.75) is 63.6 Å². The van der Waals surface area contributed by atoms with E-state index in [1.165, 1.54) is 6.42 Å². The molecule has 0 aliphatic heterocycles. The summed E-state index contributed by atoms with van der Waals surface area (Å²) in [6.45, 7) is 0.209. The summed E-state index contributed by atoms with van der Waals surface area (Å²) in [5.41, 5.74) is 0.282. The van der Waals surface area contributed by atoms with Gasteiger partial charge in [-0.3, -0.25) is 14.4 Å². The molecule has 8 nitrogen and oxygen atoms in total. The summed E-state index contributed by atoms with van der Waals surface area (Å²) in [6, 6.07) is 5.66. The van der Waals surface area contributed by atoms with Crippen LogP contribution in [0.1, 0.15) is 77.3 Å². The van der Waals surface area contributed by atoms with Crippen LogP contribution in [0, 0.1) is 0 Å². The molecule has 2 N–H and O–H groups in total. The van der Waals surface area contributed by atoms with Crippen molar-refractivity contribution < 1.29 is 19.1 Å². The lowest BCUT2D eigenvalue weighted by Crippen LogP contribution is -2.40. The molecule has 1 aromatic carbocycles. The van der Waals surface area contributed by atoms with E-state index in [0.29, 0.717) is 11.5 Å². The highest BCUT2D eigenvalue weighted by molar-refractivity contribution is 5.99. The van der Waals surface area contributed by atoms with Crippen molar-refractivity contribution in [2.24, 2.45) is 0 Å². The van der Waals surface area contributed by atoms with E-state index in [1.807, 2.05) is 10.6 Å². The van der Waals surface area contributed by atoms with E-state index in [0.717, 1.165) is 44.1 Å². The summed E-state index contributed by atoms with van der Waals surface area (Å²) in [5.74, 6) is 0.255. The van der Waals surface area contributed by atoms with Gasteiger partial charge in [0.1, 0.15) is 11.1 Å². The van der Waals surface area contributed by atoms with Gasteiger partial charge in [-0.05, 0) is 43.4 Å². The van der Waals surface area contributed by atoms with Crippen molar-refractivity contribution in [2.75, 3.05) is 14.2 Å². The Kier molecular flexibility index (Phi) is 7.01. The van der Waals surface area contributed by atoms with Crippen LogP contribution in [0.4, 0.5) is 0 Å². The standard InChI is InChI=1S/C25H31N3O5/c1-32-21-11-8-16(12-22(21)33-2)13-26-24(30)19-14-28(18-9-10-18)15-20(23(19)29)25(31)27-17-6-4-3-5-7-17/h8,11-12,14-15,17-18H,3-7,9-10,13H2,1-2H3,(H,26,30)(H,27,31). The van der Waals surface area contributed by atoms with Crippen LogP contribution >= 0.6 is 0 Å². The molecule has 2 aliphatic rings. The minimum Gasteiger partial charge on any atom is -0.493 e.